The minimum absolute atomic E-state index is 0.226. The Morgan fingerprint density at radius 2 is 1.97 bits per heavy atom. The molecule has 0 bridgehead atoms. The molecule has 0 aliphatic carbocycles. The number of alkyl halides is 3. The van der Waals surface area contributed by atoms with Crippen molar-refractivity contribution in [3.63, 3.8) is 0 Å². The van der Waals surface area contributed by atoms with Crippen molar-refractivity contribution in [3.05, 3.63) is 77.2 Å². The fraction of sp³-hybridized carbons (Fsp3) is 0.250. The summed E-state index contributed by atoms with van der Waals surface area (Å²) in [6.45, 7) is 4.84. The van der Waals surface area contributed by atoms with Crippen LogP contribution in [-0.4, -0.2) is 20.7 Å². The zero-order valence-electron chi connectivity index (χ0n) is 17.5. The van der Waals surface area contributed by atoms with Crippen LogP contribution in [0.2, 0.25) is 0 Å². The highest BCUT2D eigenvalue weighted by atomic mass is 19.4. The number of aromatic nitrogens is 3. The topological polar surface area (TPSA) is 58.6 Å². The summed E-state index contributed by atoms with van der Waals surface area (Å²) >= 11 is 0. The van der Waals surface area contributed by atoms with Gasteiger partial charge in [0.1, 0.15) is 5.49 Å². The van der Waals surface area contributed by atoms with E-state index in [2.05, 4.69) is 33.9 Å². The van der Waals surface area contributed by atoms with Gasteiger partial charge in [0.15, 0.2) is 0 Å². The molecule has 0 saturated heterocycles. The summed E-state index contributed by atoms with van der Waals surface area (Å²) in [5.41, 5.74) is 5.17. The molecular weight excluding hydrogens is 415 g/mol. The average molecular weight is 437 g/mol. The molecule has 1 aliphatic rings. The highest BCUT2D eigenvalue weighted by Crippen LogP contribution is 2.31. The van der Waals surface area contributed by atoms with E-state index >= 15 is 0 Å². The van der Waals surface area contributed by atoms with Crippen LogP contribution in [0, 0.1) is 5.41 Å². The fourth-order valence-corrected chi connectivity index (χ4v) is 4.49. The van der Waals surface area contributed by atoms with Crippen molar-refractivity contribution in [2.45, 2.75) is 32.6 Å². The molecule has 0 unspecified atom stereocenters. The van der Waals surface area contributed by atoms with Crippen LogP contribution in [-0.2, 0) is 25.7 Å². The summed E-state index contributed by atoms with van der Waals surface area (Å²) in [7, 11) is 0. The van der Waals surface area contributed by atoms with E-state index in [1.807, 2.05) is 6.07 Å². The fourth-order valence-electron chi connectivity index (χ4n) is 4.49. The van der Waals surface area contributed by atoms with E-state index in [4.69, 9.17) is 5.41 Å². The first-order chi connectivity index (χ1) is 15.4. The third-order valence-corrected chi connectivity index (χ3v) is 6.05. The van der Waals surface area contributed by atoms with E-state index < -0.39 is 11.7 Å². The molecule has 0 spiro atoms. The maximum Gasteiger partial charge on any atom is 0.417 e. The quantitative estimate of drug-likeness (QED) is 0.490. The summed E-state index contributed by atoms with van der Waals surface area (Å²) in [6, 6.07) is 12.0. The molecule has 8 heteroatoms. The van der Waals surface area contributed by atoms with Crippen molar-refractivity contribution >= 4 is 10.9 Å². The summed E-state index contributed by atoms with van der Waals surface area (Å²) in [6.07, 6.45) is -0.831. The first-order valence-electron chi connectivity index (χ1n) is 10.5. The van der Waals surface area contributed by atoms with Crippen LogP contribution in [0.5, 0.6) is 0 Å². The largest absolute Gasteiger partial charge is 0.417 e. The number of fused-ring (bicyclic) bond motifs is 3. The van der Waals surface area contributed by atoms with Gasteiger partial charge in [0, 0.05) is 47.8 Å². The first-order valence-corrected chi connectivity index (χ1v) is 10.5. The first kappa shape index (κ1) is 20.5. The smallest absolute Gasteiger partial charge is 0.343 e. The second-order valence-electron chi connectivity index (χ2n) is 7.90. The third-order valence-electron chi connectivity index (χ3n) is 6.05. The third kappa shape index (κ3) is 3.40. The van der Waals surface area contributed by atoms with E-state index in [0.29, 0.717) is 11.3 Å². The molecule has 5 nitrogen and oxygen atoms in total. The second-order valence-corrected chi connectivity index (χ2v) is 7.90. The number of pyridine rings is 2. The Morgan fingerprint density at radius 1 is 1.12 bits per heavy atom. The molecule has 5 rings (SSSR count). The summed E-state index contributed by atoms with van der Waals surface area (Å²) in [5.74, 6) is 0. The van der Waals surface area contributed by atoms with E-state index in [1.54, 1.807) is 22.9 Å². The molecule has 32 heavy (non-hydrogen) atoms. The number of benzene rings is 1. The van der Waals surface area contributed by atoms with Gasteiger partial charge in [-0.25, -0.2) is 0 Å². The Hall–Kier alpha value is -3.39. The van der Waals surface area contributed by atoms with Crippen molar-refractivity contribution in [2.75, 3.05) is 6.54 Å². The molecule has 4 aromatic rings. The zero-order valence-corrected chi connectivity index (χ0v) is 17.5. The molecule has 0 radical (unpaired) electrons. The average Bonchev–Trinajstić information content (AvgIpc) is 3.11. The lowest BCUT2D eigenvalue weighted by Crippen LogP contribution is -2.24. The lowest BCUT2D eigenvalue weighted by Gasteiger charge is -2.16. The van der Waals surface area contributed by atoms with E-state index in [1.165, 1.54) is 22.7 Å². The van der Waals surface area contributed by atoms with Crippen LogP contribution in [0.1, 0.15) is 23.7 Å². The second kappa shape index (κ2) is 7.63. The van der Waals surface area contributed by atoms with Crippen molar-refractivity contribution in [2.24, 2.45) is 0 Å². The van der Waals surface area contributed by atoms with Crippen LogP contribution < -0.4 is 10.8 Å². The van der Waals surface area contributed by atoms with Gasteiger partial charge in [0.2, 0.25) is 0 Å². The van der Waals surface area contributed by atoms with Gasteiger partial charge in [0.25, 0.3) is 0 Å². The number of nitrogens with one attached hydrogen (secondary N) is 2. The Kier molecular flexibility index (Phi) is 4.89. The van der Waals surface area contributed by atoms with Gasteiger partial charge in [-0.2, -0.15) is 13.2 Å². The van der Waals surface area contributed by atoms with E-state index in [0.717, 1.165) is 49.5 Å². The van der Waals surface area contributed by atoms with E-state index in [-0.39, 0.29) is 5.49 Å². The van der Waals surface area contributed by atoms with Gasteiger partial charge in [0.05, 0.1) is 16.8 Å². The van der Waals surface area contributed by atoms with Crippen LogP contribution in [0.15, 0.2) is 54.9 Å². The molecule has 0 atom stereocenters. The van der Waals surface area contributed by atoms with Gasteiger partial charge in [-0.15, -0.1) is 0 Å². The summed E-state index contributed by atoms with van der Waals surface area (Å²) < 4.78 is 42.5. The lowest BCUT2D eigenvalue weighted by molar-refractivity contribution is -0.137. The summed E-state index contributed by atoms with van der Waals surface area (Å²) in [4.78, 5) is 3.94. The molecule has 1 aliphatic heterocycles. The molecule has 2 N–H and O–H groups in total. The zero-order chi connectivity index (χ0) is 22.5. The highest BCUT2D eigenvalue weighted by Gasteiger charge is 2.30. The Bertz CT molecular complexity index is 1360. The van der Waals surface area contributed by atoms with Crippen molar-refractivity contribution in [3.8, 4) is 16.9 Å². The van der Waals surface area contributed by atoms with Crippen LogP contribution in [0.3, 0.4) is 0 Å². The van der Waals surface area contributed by atoms with Crippen LogP contribution >= 0.6 is 0 Å². The standard InChI is InChI=1S/C24H22F3N5/c1-2-31-21-12-17(4-5-18(21)19-7-9-29-14-22(19)31)32-10-8-15(11-23(32)28)20-6-3-16(13-30-20)24(25,26)27/h3-6,8,10-13,28-29H,2,7,9,14H2,1H3. The number of aryl methyl sites for hydroxylation is 1. The molecule has 1 aromatic carbocycles. The predicted octanol–water partition coefficient (Wildman–Crippen LogP) is 4.66. The molecule has 0 amide bonds. The minimum atomic E-state index is -4.42. The molecule has 3 aromatic heterocycles. The van der Waals surface area contributed by atoms with Gasteiger partial charge >= 0.3 is 6.18 Å². The number of hydrogen-bond acceptors (Lipinski definition) is 3. The van der Waals surface area contributed by atoms with Crippen molar-refractivity contribution in [1.29, 1.82) is 5.41 Å². The molecule has 4 heterocycles. The minimum Gasteiger partial charge on any atom is -0.343 e. The predicted molar refractivity (Wildman–Crippen MR) is 116 cm³/mol. The molecular formula is C24H22F3N5. The van der Waals surface area contributed by atoms with Crippen molar-refractivity contribution in [1.82, 2.24) is 19.4 Å². The SMILES string of the molecule is CCn1c2c(c3ccc(-n4ccc(-c5ccc(C(F)(F)F)cn5)cc4=N)cc31)CCNC2. The summed E-state index contributed by atoms with van der Waals surface area (Å²) in [5, 5.41) is 13.2. The van der Waals surface area contributed by atoms with Crippen molar-refractivity contribution < 1.29 is 13.2 Å². The van der Waals surface area contributed by atoms with Crippen LogP contribution in [0.25, 0.3) is 27.8 Å². The molecule has 0 saturated carbocycles. The van der Waals surface area contributed by atoms with Gasteiger partial charge in [-0.05, 0) is 61.9 Å². The van der Waals surface area contributed by atoms with E-state index in [9.17, 15) is 13.2 Å². The maximum atomic E-state index is 12.8. The highest BCUT2D eigenvalue weighted by molar-refractivity contribution is 5.87. The maximum absolute atomic E-state index is 12.8. The van der Waals surface area contributed by atoms with Crippen LogP contribution in [0.4, 0.5) is 13.2 Å². The number of nitrogens with zero attached hydrogens (tertiary/aromatic N) is 3. The number of hydrogen-bond donors (Lipinski definition) is 2. The lowest BCUT2D eigenvalue weighted by atomic mass is 10.0. The Labute approximate surface area is 182 Å². The Balaban J connectivity index is 1.54. The van der Waals surface area contributed by atoms with Gasteiger partial charge in [-0.3, -0.25) is 10.4 Å². The van der Waals surface area contributed by atoms with Gasteiger partial charge < -0.3 is 14.5 Å². The van der Waals surface area contributed by atoms with Gasteiger partial charge in [-0.1, -0.05) is 6.07 Å². The monoisotopic (exact) mass is 437 g/mol. The number of rotatable bonds is 3. The molecule has 164 valence electrons. The normalized spacial score (nSPS) is 14.0. The Morgan fingerprint density at radius 3 is 2.66 bits per heavy atom. The molecule has 0 fully saturated rings. The number of halogens is 3.